The van der Waals surface area contributed by atoms with Crippen LogP contribution in [0, 0.1) is 5.92 Å². The molecule has 0 bridgehead atoms. The van der Waals surface area contributed by atoms with E-state index in [2.05, 4.69) is 48.9 Å². The van der Waals surface area contributed by atoms with Gasteiger partial charge in [0, 0.05) is 31.9 Å². The largest absolute Gasteiger partial charge is 0.383 e. The molecule has 0 saturated carbocycles. The minimum absolute atomic E-state index is 0.487. The molecule has 1 rings (SSSR count). The van der Waals surface area contributed by atoms with E-state index in [-0.39, 0.29) is 0 Å². The van der Waals surface area contributed by atoms with Crippen LogP contribution in [0.3, 0.4) is 0 Å². The molecule has 1 aromatic heterocycles. The van der Waals surface area contributed by atoms with Crippen molar-refractivity contribution in [3.05, 3.63) is 17.5 Å². The molecule has 2 unspecified atom stereocenters. The average Bonchev–Trinajstić information content (AvgIpc) is 2.81. The Morgan fingerprint density at radius 1 is 1.37 bits per heavy atom. The van der Waals surface area contributed by atoms with Gasteiger partial charge in [-0.3, -0.25) is 4.68 Å². The zero-order valence-electron chi connectivity index (χ0n) is 13.1. The SMILES string of the molecule is CCc1cc(CC(C)C(C)NCCOC)n(CC)n1. The van der Waals surface area contributed by atoms with Gasteiger partial charge in [0.2, 0.25) is 0 Å². The number of nitrogens with zero attached hydrogens (tertiary/aromatic N) is 2. The first-order chi connectivity index (χ1) is 9.12. The molecule has 0 aromatic carbocycles. The van der Waals surface area contributed by atoms with Crippen molar-refractivity contribution in [2.24, 2.45) is 5.92 Å². The van der Waals surface area contributed by atoms with E-state index in [4.69, 9.17) is 4.74 Å². The summed E-state index contributed by atoms with van der Waals surface area (Å²) in [5, 5.41) is 8.12. The van der Waals surface area contributed by atoms with Crippen LogP contribution in [0.25, 0.3) is 0 Å². The van der Waals surface area contributed by atoms with E-state index in [0.29, 0.717) is 12.0 Å². The van der Waals surface area contributed by atoms with Gasteiger partial charge in [-0.05, 0) is 38.7 Å². The zero-order chi connectivity index (χ0) is 14.3. The van der Waals surface area contributed by atoms with Gasteiger partial charge in [-0.25, -0.2) is 0 Å². The maximum atomic E-state index is 5.07. The molecular formula is C15H29N3O. The van der Waals surface area contributed by atoms with Crippen molar-refractivity contribution >= 4 is 0 Å². The van der Waals surface area contributed by atoms with Crippen molar-refractivity contribution in [2.45, 2.75) is 53.1 Å². The molecule has 0 aliphatic rings. The van der Waals surface area contributed by atoms with Crippen molar-refractivity contribution in [3.8, 4) is 0 Å². The number of nitrogens with one attached hydrogen (secondary N) is 1. The number of methoxy groups -OCH3 is 1. The van der Waals surface area contributed by atoms with Crippen LogP contribution in [0.2, 0.25) is 0 Å². The minimum atomic E-state index is 0.487. The van der Waals surface area contributed by atoms with Gasteiger partial charge in [0.15, 0.2) is 0 Å². The highest BCUT2D eigenvalue weighted by Gasteiger charge is 2.15. The number of ether oxygens (including phenoxy) is 1. The van der Waals surface area contributed by atoms with Crippen LogP contribution in [-0.4, -0.2) is 36.1 Å². The predicted octanol–water partition coefficient (Wildman–Crippen LogP) is 2.27. The molecule has 2 atom stereocenters. The van der Waals surface area contributed by atoms with E-state index in [1.165, 1.54) is 11.4 Å². The van der Waals surface area contributed by atoms with Gasteiger partial charge in [-0.1, -0.05) is 13.8 Å². The molecule has 4 nitrogen and oxygen atoms in total. The molecule has 19 heavy (non-hydrogen) atoms. The molecular weight excluding hydrogens is 238 g/mol. The lowest BCUT2D eigenvalue weighted by molar-refractivity contribution is 0.192. The molecule has 4 heteroatoms. The fourth-order valence-corrected chi connectivity index (χ4v) is 2.22. The van der Waals surface area contributed by atoms with Crippen LogP contribution in [0.5, 0.6) is 0 Å². The summed E-state index contributed by atoms with van der Waals surface area (Å²) in [7, 11) is 1.74. The second-order valence-electron chi connectivity index (χ2n) is 5.21. The second-order valence-corrected chi connectivity index (χ2v) is 5.21. The Balaban J connectivity index is 2.55. The summed E-state index contributed by atoms with van der Waals surface area (Å²) >= 11 is 0. The van der Waals surface area contributed by atoms with Gasteiger partial charge in [0.05, 0.1) is 12.3 Å². The number of hydrogen-bond donors (Lipinski definition) is 1. The highest BCUT2D eigenvalue weighted by atomic mass is 16.5. The van der Waals surface area contributed by atoms with Crippen LogP contribution < -0.4 is 5.32 Å². The zero-order valence-corrected chi connectivity index (χ0v) is 13.1. The second kappa shape index (κ2) is 8.33. The summed E-state index contributed by atoms with van der Waals surface area (Å²) < 4.78 is 7.20. The van der Waals surface area contributed by atoms with E-state index >= 15 is 0 Å². The molecule has 1 aromatic rings. The summed E-state index contributed by atoms with van der Waals surface area (Å²) in [6, 6.07) is 2.74. The first-order valence-corrected chi connectivity index (χ1v) is 7.40. The molecule has 110 valence electrons. The number of hydrogen-bond acceptors (Lipinski definition) is 3. The first kappa shape index (κ1) is 16.2. The molecule has 1 N–H and O–H groups in total. The highest BCUT2D eigenvalue weighted by Crippen LogP contribution is 2.14. The van der Waals surface area contributed by atoms with Crippen molar-refractivity contribution < 1.29 is 4.74 Å². The molecule has 0 spiro atoms. The Hall–Kier alpha value is -0.870. The van der Waals surface area contributed by atoms with Crippen LogP contribution in [-0.2, 0) is 24.1 Å². The van der Waals surface area contributed by atoms with Gasteiger partial charge in [-0.2, -0.15) is 5.10 Å². The van der Waals surface area contributed by atoms with Crippen molar-refractivity contribution in [3.63, 3.8) is 0 Å². The van der Waals surface area contributed by atoms with E-state index in [1.807, 2.05) is 0 Å². The van der Waals surface area contributed by atoms with Gasteiger partial charge in [-0.15, -0.1) is 0 Å². The fourth-order valence-electron chi connectivity index (χ4n) is 2.22. The summed E-state index contributed by atoms with van der Waals surface area (Å²) in [5.74, 6) is 0.587. The Labute approximate surface area is 117 Å². The Morgan fingerprint density at radius 3 is 2.68 bits per heavy atom. The van der Waals surface area contributed by atoms with Gasteiger partial charge in [0.1, 0.15) is 0 Å². The maximum Gasteiger partial charge on any atom is 0.0624 e. The van der Waals surface area contributed by atoms with Crippen LogP contribution in [0.15, 0.2) is 6.07 Å². The average molecular weight is 267 g/mol. The molecule has 0 aliphatic carbocycles. The van der Waals surface area contributed by atoms with Crippen LogP contribution in [0.1, 0.15) is 39.1 Å². The van der Waals surface area contributed by atoms with Gasteiger partial charge < -0.3 is 10.1 Å². The molecule has 0 fully saturated rings. The van der Waals surface area contributed by atoms with Crippen LogP contribution in [0.4, 0.5) is 0 Å². The summed E-state index contributed by atoms with van der Waals surface area (Å²) in [6.45, 7) is 11.5. The molecule has 0 saturated heterocycles. The third-order valence-corrected chi connectivity index (χ3v) is 3.73. The lowest BCUT2D eigenvalue weighted by Gasteiger charge is -2.21. The Morgan fingerprint density at radius 2 is 2.11 bits per heavy atom. The smallest absolute Gasteiger partial charge is 0.0624 e. The fraction of sp³-hybridized carbons (Fsp3) is 0.800. The molecule has 0 amide bonds. The first-order valence-electron chi connectivity index (χ1n) is 7.40. The third-order valence-electron chi connectivity index (χ3n) is 3.73. The molecule has 1 heterocycles. The van der Waals surface area contributed by atoms with Gasteiger partial charge in [0.25, 0.3) is 0 Å². The minimum Gasteiger partial charge on any atom is -0.383 e. The van der Waals surface area contributed by atoms with Crippen LogP contribution >= 0.6 is 0 Å². The summed E-state index contributed by atoms with van der Waals surface area (Å²) in [4.78, 5) is 0. The van der Waals surface area contributed by atoms with E-state index in [0.717, 1.165) is 32.5 Å². The monoisotopic (exact) mass is 267 g/mol. The number of rotatable bonds is 9. The summed E-state index contributed by atoms with van der Waals surface area (Å²) in [5.41, 5.74) is 2.55. The summed E-state index contributed by atoms with van der Waals surface area (Å²) in [6.07, 6.45) is 2.08. The third kappa shape index (κ3) is 4.96. The lowest BCUT2D eigenvalue weighted by atomic mass is 9.97. The van der Waals surface area contributed by atoms with Gasteiger partial charge >= 0.3 is 0 Å². The standard InChI is InChI=1S/C15H29N3O/c1-6-14-11-15(18(7-2)17-14)10-12(3)13(4)16-8-9-19-5/h11-13,16H,6-10H2,1-5H3. The van der Waals surface area contributed by atoms with E-state index in [1.54, 1.807) is 7.11 Å². The topological polar surface area (TPSA) is 39.1 Å². The maximum absolute atomic E-state index is 5.07. The van der Waals surface area contributed by atoms with E-state index in [9.17, 15) is 0 Å². The lowest BCUT2D eigenvalue weighted by Crippen LogP contribution is -2.35. The Bertz CT molecular complexity index is 362. The predicted molar refractivity (Wildman–Crippen MR) is 79.5 cm³/mol. The van der Waals surface area contributed by atoms with Crippen molar-refractivity contribution in [1.82, 2.24) is 15.1 Å². The highest BCUT2D eigenvalue weighted by molar-refractivity contribution is 5.11. The molecule has 0 radical (unpaired) electrons. The Kier molecular flexibility index (Phi) is 7.10. The normalized spacial score (nSPS) is 14.6. The number of aromatic nitrogens is 2. The molecule has 0 aliphatic heterocycles. The van der Waals surface area contributed by atoms with Crippen molar-refractivity contribution in [1.29, 1.82) is 0 Å². The van der Waals surface area contributed by atoms with E-state index < -0.39 is 0 Å². The number of aryl methyl sites for hydroxylation is 2. The van der Waals surface area contributed by atoms with Crippen molar-refractivity contribution in [2.75, 3.05) is 20.3 Å². The quantitative estimate of drug-likeness (QED) is 0.698.